The molecule has 1 aliphatic heterocycles. The highest BCUT2D eigenvalue weighted by Gasteiger charge is 2.37. The van der Waals surface area contributed by atoms with Gasteiger partial charge in [-0.1, -0.05) is 0 Å². The smallest absolute Gasteiger partial charge is 0.228 e. The van der Waals surface area contributed by atoms with E-state index in [0.717, 1.165) is 19.4 Å². The number of carbonyl (C=O) groups excluding carboxylic acids is 1. The quantitative estimate of drug-likeness (QED) is 0.752. The van der Waals surface area contributed by atoms with Gasteiger partial charge < -0.3 is 15.4 Å². The molecule has 0 aromatic heterocycles. The van der Waals surface area contributed by atoms with Gasteiger partial charge in [-0.2, -0.15) is 0 Å². The molecule has 2 unspecified atom stereocenters. The summed E-state index contributed by atoms with van der Waals surface area (Å²) < 4.78 is 5.47. The Kier molecular flexibility index (Phi) is 3.82. The third-order valence-corrected chi connectivity index (χ3v) is 3.42. The average molecular weight is 226 g/mol. The van der Waals surface area contributed by atoms with Crippen LogP contribution in [0.4, 0.5) is 0 Å². The Balaban J connectivity index is 1.88. The van der Waals surface area contributed by atoms with Crippen LogP contribution in [-0.2, 0) is 9.53 Å². The summed E-state index contributed by atoms with van der Waals surface area (Å²) in [5.74, 6) is 0.383. The summed E-state index contributed by atoms with van der Waals surface area (Å²) in [6.45, 7) is 4.12. The van der Waals surface area contributed by atoms with Gasteiger partial charge in [-0.3, -0.25) is 4.79 Å². The molecule has 4 nitrogen and oxygen atoms in total. The van der Waals surface area contributed by atoms with Gasteiger partial charge in [-0.05, 0) is 39.2 Å². The monoisotopic (exact) mass is 226 g/mol. The van der Waals surface area contributed by atoms with Crippen LogP contribution in [0.3, 0.4) is 0 Å². The molecule has 1 saturated heterocycles. The van der Waals surface area contributed by atoms with Crippen LogP contribution in [0.2, 0.25) is 0 Å². The predicted octanol–water partition coefficient (Wildman–Crippen LogP) is 0.751. The molecule has 0 aromatic rings. The van der Waals surface area contributed by atoms with Crippen molar-refractivity contribution in [1.82, 2.24) is 4.90 Å². The molecule has 1 saturated carbocycles. The molecule has 2 aliphatic rings. The molecule has 1 amide bonds. The zero-order valence-corrected chi connectivity index (χ0v) is 10.0. The van der Waals surface area contributed by atoms with Crippen molar-refractivity contribution < 1.29 is 9.53 Å². The van der Waals surface area contributed by atoms with E-state index < -0.39 is 0 Å². The van der Waals surface area contributed by atoms with Crippen molar-refractivity contribution in [2.45, 2.75) is 44.8 Å². The minimum atomic E-state index is 0.0911. The Morgan fingerprint density at radius 2 is 2.25 bits per heavy atom. The second-order valence-electron chi connectivity index (χ2n) is 4.98. The topological polar surface area (TPSA) is 55.6 Å². The molecule has 92 valence electrons. The van der Waals surface area contributed by atoms with Crippen molar-refractivity contribution in [1.29, 1.82) is 0 Å². The molecule has 0 radical (unpaired) electrons. The number of amides is 1. The highest BCUT2D eigenvalue weighted by Crippen LogP contribution is 2.30. The summed E-state index contributed by atoms with van der Waals surface area (Å²) in [4.78, 5) is 14.3. The average Bonchev–Trinajstić information content (AvgIpc) is 3.01. The number of nitrogens with two attached hydrogens (primary N) is 1. The fourth-order valence-electron chi connectivity index (χ4n) is 2.34. The maximum Gasteiger partial charge on any atom is 0.228 e. The summed E-state index contributed by atoms with van der Waals surface area (Å²) in [6, 6.07) is 0.495. The van der Waals surface area contributed by atoms with Crippen molar-refractivity contribution in [3.05, 3.63) is 0 Å². The fourth-order valence-corrected chi connectivity index (χ4v) is 2.34. The molecular weight excluding hydrogens is 204 g/mol. The molecule has 1 heterocycles. The molecule has 0 spiro atoms. The molecular formula is C12H22N2O2. The molecule has 0 aromatic carbocycles. The van der Waals surface area contributed by atoms with Crippen LogP contribution in [0, 0.1) is 5.92 Å². The lowest BCUT2D eigenvalue weighted by Crippen LogP contribution is -2.39. The van der Waals surface area contributed by atoms with E-state index in [-0.39, 0.29) is 12.0 Å². The zero-order chi connectivity index (χ0) is 11.5. The van der Waals surface area contributed by atoms with Crippen molar-refractivity contribution in [3.63, 3.8) is 0 Å². The van der Waals surface area contributed by atoms with Gasteiger partial charge in [0.05, 0.1) is 18.6 Å². The number of rotatable bonds is 5. The molecule has 2 rings (SSSR count). The van der Waals surface area contributed by atoms with Crippen molar-refractivity contribution in [2.24, 2.45) is 11.7 Å². The minimum Gasteiger partial charge on any atom is -0.378 e. The summed E-state index contributed by atoms with van der Waals surface area (Å²) >= 11 is 0. The zero-order valence-electron chi connectivity index (χ0n) is 10.0. The molecule has 0 bridgehead atoms. The molecule has 2 atom stereocenters. The SMILES string of the molecule is CC1CC(C(=O)N(CCCN)C2CC2)CO1. The number of nitrogens with zero attached hydrogens (tertiary/aromatic N) is 1. The number of hydrogen-bond acceptors (Lipinski definition) is 3. The second-order valence-corrected chi connectivity index (χ2v) is 4.98. The predicted molar refractivity (Wildman–Crippen MR) is 61.9 cm³/mol. The fraction of sp³-hybridized carbons (Fsp3) is 0.917. The van der Waals surface area contributed by atoms with Crippen molar-refractivity contribution in [3.8, 4) is 0 Å². The van der Waals surface area contributed by atoms with E-state index in [2.05, 4.69) is 0 Å². The Morgan fingerprint density at radius 1 is 1.50 bits per heavy atom. The van der Waals surface area contributed by atoms with Gasteiger partial charge in [0.1, 0.15) is 0 Å². The lowest BCUT2D eigenvalue weighted by molar-refractivity contribution is -0.136. The number of ether oxygens (including phenoxy) is 1. The van der Waals surface area contributed by atoms with Gasteiger partial charge in [-0.15, -0.1) is 0 Å². The van der Waals surface area contributed by atoms with Gasteiger partial charge in [-0.25, -0.2) is 0 Å². The highest BCUT2D eigenvalue weighted by atomic mass is 16.5. The van der Waals surface area contributed by atoms with E-state index in [1.165, 1.54) is 12.8 Å². The van der Waals surface area contributed by atoms with Gasteiger partial charge in [0, 0.05) is 12.6 Å². The molecule has 16 heavy (non-hydrogen) atoms. The van der Waals surface area contributed by atoms with Gasteiger partial charge >= 0.3 is 0 Å². The van der Waals surface area contributed by atoms with E-state index in [1.54, 1.807) is 0 Å². The standard InChI is InChI=1S/C12H22N2O2/c1-9-7-10(8-16-9)12(15)14(6-2-5-13)11-3-4-11/h9-11H,2-8,13H2,1H3. The van der Waals surface area contributed by atoms with Crippen LogP contribution in [-0.4, -0.2) is 42.6 Å². The van der Waals surface area contributed by atoms with Gasteiger partial charge in [0.2, 0.25) is 5.91 Å². The van der Waals surface area contributed by atoms with Gasteiger partial charge in [0.25, 0.3) is 0 Å². The maximum absolute atomic E-state index is 12.3. The second kappa shape index (κ2) is 5.15. The van der Waals surface area contributed by atoms with E-state index in [9.17, 15) is 4.79 Å². The third kappa shape index (κ3) is 2.74. The van der Waals surface area contributed by atoms with Crippen LogP contribution >= 0.6 is 0 Å². The molecule has 2 fully saturated rings. The van der Waals surface area contributed by atoms with Crippen molar-refractivity contribution in [2.75, 3.05) is 19.7 Å². The largest absolute Gasteiger partial charge is 0.378 e. The summed E-state index contributed by atoms with van der Waals surface area (Å²) in [7, 11) is 0. The molecule has 1 aliphatic carbocycles. The number of hydrogen-bond donors (Lipinski definition) is 1. The van der Waals surface area contributed by atoms with Crippen molar-refractivity contribution >= 4 is 5.91 Å². The van der Waals surface area contributed by atoms with Crippen LogP contribution in [0.1, 0.15) is 32.6 Å². The van der Waals surface area contributed by atoms with E-state index >= 15 is 0 Å². The lowest BCUT2D eigenvalue weighted by Gasteiger charge is -2.24. The Morgan fingerprint density at radius 3 is 2.75 bits per heavy atom. The summed E-state index contributed by atoms with van der Waals surface area (Å²) in [5.41, 5.74) is 5.51. The Labute approximate surface area is 97.1 Å². The van der Waals surface area contributed by atoms with Crippen LogP contribution in [0.15, 0.2) is 0 Å². The first-order valence-electron chi connectivity index (χ1n) is 6.34. The van der Waals surface area contributed by atoms with E-state index in [0.29, 0.717) is 25.1 Å². The van der Waals surface area contributed by atoms with Crippen LogP contribution in [0.5, 0.6) is 0 Å². The lowest BCUT2D eigenvalue weighted by atomic mass is 10.0. The van der Waals surface area contributed by atoms with Crippen LogP contribution in [0.25, 0.3) is 0 Å². The molecule has 2 N–H and O–H groups in total. The third-order valence-electron chi connectivity index (χ3n) is 3.42. The summed E-state index contributed by atoms with van der Waals surface area (Å²) in [5, 5.41) is 0. The maximum atomic E-state index is 12.3. The normalized spacial score (nSPS) is 29.4. The Hall–Kier alpha value is -0.610. The minimum absolute atomic E-state index is 0.0911. The van der Waals surface area contributed by atoms with Gasteiger partial charge in [0.15, 0.2) is 0 Å². The summed E-state index contributed by atoms with van der Waals surface area (Å²) in [6.07, 6.45) is 4.36. The first-order chi connectivity index (χ1) is 7.72. The van der Waals surface area contributed by atoms with E-state index in [1.807, 2.05) is 11.8 Å². The van der Waals surface area contributed by atoms with E-state index in [4.69, 9.17) is 10.5 Å². The van der Waals surface area contributed by atoms with Crippen LogP contribution < -0.4 is 5.73 Å². The first-order valence-corrected chi connectivity index (χ1v) is 6.34. The number of carbonyl (C=O) groups is 1. The first kappa shape index (κ1) is 11.9. The highest BCUT2D eigenvalue weighted by molar-refractivity contribution is 5.80. The Bertz CT molecular complexity index is 253. The molecule has 4 heteroatoms.